The van der Waals surface area contributed by atoms with E-state index in [1.54, 1.807) is 36.4 Å². The van der Waals surface area contributed by atoms with Crippen molar-refractivity contribution in [2.24, 2.45) is 0 Å². The lowest BCUT2D eigenvalue weighted by molar-refractivity contribution is -0.383. The third-order valence-corrected chi connectivity index (χ3v) is 5.23. The van der Waals surface area contributed by atoms with Gasteiger partial charge in [-0.1, -0.05) is 35.9 Å². The van der Waals surface area contributed by atoms with E-state index in [-0.39, 0.29) is 22.0 Å². The van der Waals surface area contributed by atoms with Crippen LogP contribution in [0.25, 0.3) is 0 Å². The van der Waals surface area contributed by atoms with Crippen LogP contribution in [0.1, 0.15) is 5.56 Å². The lowest BCUT2D eigenvalue weighted by atomic mass is 10.2. The summed E-state index contributed by atoms with van der Waals surface area (Å²) in [5.74, 6) is 0. The van der Waals surface area contributed by atoms with Crippen LogP contribution < -0.4 is 10.0 Å². The molecule has 3 aromatic carbocycles. The van der Waals surface area contributed by atoms with E-state index in [0.29, 0.717) is 5.69 Å². The number of hydrogen-bond acceptors (Lipinski definition) is 5. The van der Waals surface area contributed by atoms with Crippen LogP contribution in [0.2, 0.25) is 0 Å². The minimum absolute atomic E-state index is 0.0854. The molecule has 0 aliphatic rings. The summed E-state index contributed by atoms with van der Waals surface area (Å²) in [7, 11) is -3.84. The topological polar surface area (TPSA) is 101 Å². The molecule has 0 spiro atoms. The highest BCUT2D eigenvalue weighted by atomic mass is 32.2. The van der Waals surface area contributed by atoms with Crippen LogP contribution in [0.15, 0.2) is 77.7 Å². The molecular weight excluding hydrogens is 366 g/mol. The predicted octanol–water partition coefficient (Wildman–Crippen LogP) is 4.45. The number of para-hydroxylation sites is 1. The van der Waals surface area contributed by atoms with Crippen LogP contribution >= 0.6 is 0 Å². The van der Waals surface area contributed by atoms with Crippen molar-refractivity contribution in [2.45, 2.75) is 11.8 Å². The van der Waals surface area contributed by atoms with Gasteiger partial charge in [0.15, 0.2) is 0 Å². The Morgan fingerprint density at radius 3 is 2.19 bits per heavy atom. The zero-order valence-electron chi connectivity index (χ0n) is 14.4. The van der Waals surface area contributed by atoms with Crippen LogP contribution in [0.5, 0.6) is 0 Å². The number of nitro groups is 1. The molecule has 2 N–H and O–H groups in total. The standard InChI is InChI=1S/C19H17N3O4S/c1-14-7-10-17(11-8-14)27(25,26)21-16-9-12-18(19(13-16)22(23)24)20-15-5-3-2-4-6-15/h2-13,20-21H,1H3. The molecular formula is C19H17N3O4S. The highest BCUT2D eigenvalue weighted by Gasteiger charge is 2.19. The molecule has 0 aliphatic heterocycles. The Morgan fingerprint density at radius 2 is 1.56 bits per heavy atom. The molecule has 3 aromatic rings. The number of hydrogen-bond donors (Lipinski definition) is 2. The normalized spacial score (nSPS) is 11.0. The summed E-state index contributed by atoms with van der Waals surface area (Å²) >= 11 is 0. The molecule has 0 aromatic heterocycles. The number of benzene rings is 3. The highest BCUT2D eigenvalue weighted by Crippen LogP contribution is 2.31. The van der Waals surface area contributed by atoms with Crippen molar-refractivity contribution in [1.29, 1.82) is 0 Å². The van der Waals surface area contributed by atoms with Gasteiger partial charge in [0.25, 0.3) is 15.7 Å². The fourth-order valence-corrected chi connectivity index (χ4v) is 3.51. The fraction of sp³-hybridized carbons (Fsp3) is 0.0526. The van der Waals surface area contributed by atoms with Gasteiger partial charge in [0, 0.05) is 11.8 Å². The summed E-state index contributed by atoms with van der Waals surface area (Å²) in [6, 6.07) is 19.5. The van der Waals surface area contributed by atoms with E-state index in [9.17, 15) is 18.5 Å². The number of nitro benzene ring substituents is 1. The van der Waals surface area contributed by atoms with Crippen molar-refractivity contribution in [3.8, 4) is 0 Å². The first-order valence-electron chi connectivity index (χ1n) is 8.05. The Labute approximate surface area is 156 Å². The molecule has 7 nitrogen and oxygen atoms in total. The molecule has 0 bridgehead atoms. The Kier molecular flexibility index (Phi) is 5.09. The summed E-state index contributed by atoms with van der Waals surface area (Å²) < 4.78 is 27.3. The Hall–Kier alpha value is -3.39. The minimum Gasteiger partial charge on any atom is -0.350 e. The van der Waals surface area contributed by atoms with E-state index in [0.717, 1.165) is 5.56 Å². The Bertz CT molecular complexity index is 1070. The molecule has 8 heteroatoms. The van der Waals surface area contributed by atoms with Crippen molar-refractivity contribution in [3.63, 3.8) is 0 Å². The molecule has 0 radical (unpaired) electrons. The van der Waals surface area contributed by atoms with Crippen LogP contribution in [0, 0.1) is 17.0 Å². The van der Waals surface area contributed by atoms with Gasteiger partial charge < -0.3 is 5.32 Å². The van der Waals surface area contributed by atoms with Crippen molar-refractivity contribution in [2.75, 3.05) is 10.0 Å². The van der Waals surface area contributed by atoms with E-state index in [1.807, 2.05) is 13.0 Å². The van der Waals surface area contributed by atoms with Crippen molar-refractivity contribution < 1.29 is 13.3 Å². The van der Waals surface area contributed by atoms with E-state index < -0.39 is 14.9 Å². The summed E-state index contributed by atoms with van der Waals surface area (Å²) in [4.78, 5) is 11.0. The molecule has 0 fully saturated rings. The predicted molar refractivity (Wildman–Crippen MR) is 105 cm³/mol. The SMILES string of the molecule is Cc1ccc(S(=O)(=O)Nc2ccc(Nc3ccccc3)c([N+](=O)[O-])c2)cc1. The number of nitrogens with zero attached hydrogens (tertiary/aromatic N) is 1. The van der Waals surface area contributed by atoms with Gasteiger partial charge in [-0.05, 0) is 43.3 Å². The zero-order valence-corrected chi connectivity index (χ0v) is 15.2. The van der Waals surface area contributed by atoms with Gasteiger partial charge >= 0.3 is 0 Å². The van der Waals surface area contributed by atoms with Crippen LogP contribution in [-0.4, -0.2) is 13.3 Å². The van der Waals surface area contributed by atoms with E-state index in [2.05, 4.69) is 10.0 Å². The van der Waals surface area contributed by atoms with E-state index in [4.69, 9.17) is 0 Å². The van der Waals surface area contributed by atoms with Crippen LogP contribution in [0.4, 0.5) is 22.7 Å². The van der Waals surface area contributed by atoms with Crippen LogP contribution in [0.3, 0.4) is 0 Å². The average molecular weight is 383 g/mol. The largest absolute Gasteiger partial charge is 0.350 e. The lowest BCUT2D eigenvalue weighted by Crippen LogP contribution is -2.13. The summed E-state index contributed by atoms with van der Waals surface area (Å²) in [5.41, 5.74) is 1.77. The van der Waals surface area contributed by atoms with Gasteiger partial charge in [-0.2, -0.15) is 0 Å². The van der Waals surface area contributed by atoms with Crippen LogP contribution in [-0.2, 0) is 10.0 Å². The van der Waals surface area contributed by atoms with Gasteiger partial charge in [-0.15, -0.1) is 0 Å². The maximum absolute atomic E-state index is 12.5. The van der Waals surface area contributed by atoms with Gasteiger partial charge in [0.1, 0.15) is 5.69 Å². The average Bonchev–Trinajstić information content (AvgIpc) is 2.64. The molecule has 0 unspecified atom stereocenters. The summed E-state index contributed by atoms with van der Waals surface area (Å²) in [6.45, 7) is 1.85. The lowest BCUT2D eigenvalue weighted by Gasteiger charge is -2.11. The second-order valence-electron chi connectivity index (χ2n) is 5.90. The molecule has 0 aliphatic carbocycles. The fourth-order valence-electron chi connectivity index (χ4n) is 2.46. The number of rotatable bonds is 6. The third kappa shape index (κ3) is 4.42. The first kappa shape index (κ1) is 18.4. The number of anilines is 3. The molecule has 0 amide bonds. The molecule has 3 rings (SSSR count). The summed E-state index contributed by atoms with van der Waals surface area (Å²) in [6.07, 6.45) is 0. The number of sulfonamides is 1. The third-order valence-electron chi connectivity index (χ3n) is 3.83. The van der Waals surface area contributed by atoms with E-state index in [1.165, 1.54) is 30.3 Å². The molecule has 138 valence electrons. The van der Waals surface area contributed by atoms with Crippen molar-refractivity contribution in [3.05, 3.63) is 88.5 Å². The van der Waals surface area contributed by atoms with E-state index >= 15 is 0 Å². The number of nitrogens with one attached hydrogen (secondary N) is 2. The Balaban J connectivity index is 1.90. The first-order chi connectivity index (χ1) is 12.8. The summed E-state index contributed by atoms with van der Waals surface area (Å²) in [5, 5.41) is 14.4. The second-order valence-corrected chi connectivity index (χ2v) is 7.58. The smallest absolute Gasteiger partial charge is 0.294 e. The molecule has 0 atom stereocenters. The minimum atomic E-state index is -3.84. The zero-order chi connectivity index (χ0) is 19.4. The Morgan fingerprint density at radius 1 is 0.889 bits per heavy atom. The quantitative estimate of drug-likeness (QED) is 0.484. The van der Waals surface area contributed by atoms with Gasteiger partial charge in [-0.3, -0.25) is 14.8 Å². The molecule has 0 heterocycles. The molecule has 0 saturated carbocycles. The van der Waals surface area contributed by atoms with Gasteiger partial charge in [0.2, 0.25) is 0 Å². The molecule has 27 heavy (non-hydrogen) atoms. The first-order valence-corrected chi connectivity index (χ1v) is 9.53. The van der Waals surface area contributed by atoms with Crippen molar-refractivity contribution >= 4 is 32.8 Å². The van der Waals surface area contributed by atoms with Gasteiger partial charge in [-0.25, -0.2) is 8.42 Å². The monoisotopic (exact) mass is 383 g/mol. The highest BCUT2D eigenvalue weighted by molar-refractivity contribution is 7.92. The maximum Gasteiger partial charge on any atom is 0.294 e. The maximum atomic E-state index is 12.5. The number of aryl methyl sites for hydroxylation is 1. The van der Waals surface area contributed by atoms with Gasteiger partial charge in [0.05, 0.1) is 15.5 Å². The molecule has 0 saturated heterocycles. The second kappa shape index (κ2) is 7.46. The van der Waals surface area contributed by atoms with Crippen molar-refractivity contribution in [1.82, 2.24) is 0 Å².